The summed E-state index contributed by atoms with van der Waals surface area (Å²) in [6.45, 7) is 3.67. The second-order valence-electron chi connectivity index (χ2n) is 5.14. The minimum atomic E-state index is -0.234. The van der Waals surface area contributed by atoms with Crippen LogP contribution in [0.3, 0.4) is 0 Å². The SMILES string of the molecule is COCCN1CC(CNC(=O)c2ncccc2C)OCC1=O. The van der Waals surface area contributed by atoms with Gasteiger partial charge in [0.2, 0.25) is 5.91 Å². The summed E-state index contributed by atoms with van der Waals surface area (Å²) in [6, 6.07) is 3.62. The molecule has 1 N–H and O–H groups in total. The summed E-state index contributed by atoms with van der Waals surface area (Å²) >= 11 is 0. The van der Waals surface area contributed by atoms with Crippen molar-refractivity contribution in [1.29, 1.82) is 0 Å². The molecule has 1 aromatic heterocycles. The minimum Gasteiger partial charge on any atom is -0.383 e. The van der Waals surface area contributed by atoms with Crippen molar-refractivity contribution in [2.45, 2.75) is 13.0 Å². The van der Waals surface area contributed by atoms with Crippen molar-refractivity contribution in [2.24, 2.45) is 0 Å². The van der Waals surface area contributed by atoms with Crippen molar-refractivity contribution in [3.8, 4) is 0 Å². The Morgan fingerprint density at radius 2 is 2.41 bits per heavy atom. The number of morpholine rings is 1. The van der Waals surface area contributed by atoms with Crippen LogP contribution in [-0.2, 0) is 14.3 Å². The number of carbonyl (C=O) groups excluding carboxylic acids is 2. The number of rotatable bonds is 6. The molecular formula is C15H21N3O4. The van der Waals surface area contributed by atoms with E-state index in [2.05, 4.69) is 10.3 Å². The molecule has 0 aliphatic carbocycles. The highest BCUT2D eigenvalue weighted by atomic mass is 16.5. The largest absolute Gasteiger partial charge is 0.383 e. The lowest BCUT2D eigenvalue weighted by Crippen LogP contribution is -2.51. The van der Waals surface area contributed by atoms with Gasteiger partial charge >= 0.3 is 0 Å². The number of carbonyl (C=O) groups is 2. The van der Waals surface area contributed by atoms with Crippen LogP contribution in [0.15, 0.2) is 18.3 Å². The van der Waals surface area contributed by atoms with Crippen LogP contribution in [0.25, 0.3) is 0 Å². The predicted molar refractivity (Wildman–Crippen MR) is 79.5 cm³/mol. The summed E-state index contributed by atoms with van der Waals surface area (Å²) in [6.07, 6.45) is 1.37. The van der Waals surface area contributed by atoms with Crippen molar-refractivity contribution >= 4 is 11.8 Å². The monoisotopic (exact) mass is 307 g/mol. The van der Waals surface area contributed by atoms with Gasteiger partial charge in [0, 0.05) is 32.9 Å². The molecule has 0 aromatic carbocycles. The van der Waals surface area contributed by atoms with Gasteiger partial charge < -0.3 is 19.7 Å². The fourth-order valence-corrected chi connectivity index (χ4v) is 2.24. The maximum atomic E-state index is 12.1. The number of hydrogen-bond donors (Lipinski definition) is 1. The summed E-state index contributed by atoms with van der Waals surface area (Å²) < 4.78 is 10.4. The first kappa shape index (κ1) is 16.4. The summed E-state index contributed by atoms with van der Waals surface area (Å²) in [5.41, 5.74) is 1.23. The number of aryl methyl sites for hydroxylation is 1. The predicted octanol–water partition coefficient (Wildman–Crippen LogP) is -0.00638. The van der Waals surface area contributed by atoms with E-state index in [1.54, 1.807) is 24.3 Å². The second kappa shape index (κ2) is 7.86. The van der Waals surface area contributed by atoms with Crippen LogP contribution in [0.5, 0.6) is 0 Å². The number of nitrogens with zero attached hydrogens (tertiary/aromatic N) is 2. The summed E-state index contributed by atoms with van der Waals surface area (Å²) in [7, 11) is 1.60. The third kappa shape index (κ3) is 4.25. The fraction of sp³-hybridized carbons (Fsp3) is 0.533. The number of methoxy groups -OCH3 is 1. The first-order chi connectivity index (χ1) is 10.6. The molecule has 1 aliphatic heterocycles. The van der Waals surface area contributed by atoms with Gasteiger partial charge in [-0.1, -0.05) is 6.07 Å². The summed E-state index contributed by atoms with van der Waals surface area (Å²) in [5.74, 6) is -0.290. The van der Waals surface area contributed by atoms with Crippen LogP contribution in [0.2, 0.25) is 0 Å². The zero-order valence-electron chi connectivity index (χ0n) is 12.9. The van der Waals surface area contributed by atoms with Crippen LogP contribution in [-0.4, -0.2) is 67.8 Å². The number of amides is 2. The van der Waals surface area contributed by atoms with Crippen LogP contribution in [0, 0.1) is 6.92 Å². The Labute approximate surface area is 129 Å². The molecule has 0 radical (unpaired) electrons. The van der Waals surface area contributed by atoms with E-state index in [1.807, 2.05) is 13.0 Å². The molecule has 7 heteroatoms. The Balaban J connectivity index is 1.85. The van der Waals surface area contributed by atoms with Gasteiger partial charge in [-0.15, -0.1) is 0 Å². The summed E-state index contributed by atoms with van der Waals surface area (Å²) in [5, 5.41) is 2.81. The first-order valence-corrected chi connectivity index (χ1v) is 7.20. The van der Waals surface area contributed by atoms with E-state index in [0.717, 1.165) is 5.56 Å². The second-order valence-corrected chi connectivity index (χ2v) is 5.14. The number of hydrogen-bond acceptors (Lipinski definition) is 5. The molecule has 1 aliphatic rings. The molecule has 120 valence electrons. The summed E-state index contributed by atoms with van der Waals surface area (Å²) in [4.78, 5) is 29.6. The Bertz CT molecular complexity index is 535. The normalized spacial score (nSPS) is 18.4. The van der Waals surface area contributed by atoms with Gasteiger partial charge in [0.25, 0.3) is 5.91 Å². The maximum absolute atomic E-state index is 12.1. The molecule has 0 bridgehead atoms. The molecule has 0 saturated carbocycles. The van der Waals surface area contributed by atoms with E-state index < -0.39 is 0 Å². The molecule has 1 saturated heterocycles. The zero-order valence-corrected chi connectivity index (χ0v) is 12.9. The average Bonchev–Trinajstić information content (AvgIpc) is 2.53. The third-order valence-corrected chi connectivity index (χ3v) is 3.50. The zero-order chi connectivity index (χ0) is 15.9. The van der Waals surface area contributed by atoms with E-state index in [-0.39, 0.29) is 24.5 Å². The Kier molecular flexibility index (Phi) is 5.85. The number of nitrogens with one attached hydrogen (secondary N) is 1. The van der Waals surface area contributed by atoms with Crippen LogP contribution in [0.4, 0.5) is 0 Å². The first-order valence-electron chi connectivity index (χ1n) is 7.20. The Morgan fingerprint density at radius 1 is 1.59 bits per heavy atom. The van der Waals surface area contributed by atoms with Crippen molar-refractivity contribution in [3.05, 3.63) is 29.6 Å². The van der Waals surface area contributed by atoms with E-state index in [1.165, 1.54) is 0 Å². The molecule has 22 heavy (non-hydrogen) atoms. The Hall–Kier alpha value is -1.99. The van der Waals surface area contributed by atoms with Gasteiger partial charge in [-0.3, -0.25) is 14.6 Å². The molecule has 2 heterocycles. The van der Waals surface area contributed by atoms with Gasteiger partial charge in [-0.25, -0.2) is 0 Å². The standard InChI is InChI=1S/C15H21N3O4/c1-11-4-3-5-16-14(11)15(20)17-8-12-9-18(6-7-21-2)13(19)10-22-12/h3-5,12H,6-10H2,1-2H3,(H,17,20). The number of pyridine rings is 1. The molecule has 1 fully saturated rings. The minimum absolute atomic E-state index is 0.0346. The Morgan fingerprint density at radius 3 is 3.14 bits per heavy atom. The highest BCUT2D eigenvalue weighted by Gasteiger charge is 2.26. The van der Waals surface area contributed by atoms with Gasteiger partial charge in [-0.2, -0.15) is 0 Å². The lowest BCUT2D eigenvalue weighted by molar-refractivity contribution is -0.149. The molecular weight excluding hydrogens is 286 g/mol. The molecule has 0 spiro atoms. The smallest absolute Gasteiger partial charge is 0.270 e. The van der Waals surface area contributed by atoms with E-state index in [4.69, 9.17) is 9.47 Å². The van der Waals surface area contributed by atoms with Crippen molar-refractivity contribution in [2.75, 3.05) is 40.0 Å². The molecule has 1 atom stereocenters. The highest BCUT2D eigenvalue weighted by Crippen LogP contribution is 2.07. The van der Waals surface area contributed by atoms with E-state index >= 15 is 0 Å². The fourth-order valence-electron chi connectivity index (χ4n) is 2.24. The quantitative estimate of drug-likeness (QED) is 0.800. The average molecular weight is 307 g/mol. The van der Waals surface area contributed by atoms with Gasteiger partial charge in [-0.05, 0) is 18.6 Å². The van der Waals surface area contributed by atoms with Crippen LogP contribution < -0.4 is 5.32 Å². The van der Waals surface area contributed by atoms with Gasteiger partial charge in [0.05, 0.1) is 12.7 Å². The molecule has 1 aromatic rings. The van der Waals surface area contributed by atoms with Crippen molar-refractivity contribution < 1.29 is 19.1 Å². The number of aromatic nitrogens is 1. The topological polar surface area (TPSA) is 80.8 Å². The lowest BCUT2D eigenvalue weighted by Gasteiger charge is -2.32. The van der Waals surface area contributed by atoms with Crippen molar-refractivity contribution in [1.82, 2.24) is 15.2 Å². The highest BCUT2D eigenvalue weighted by molar-refractivity contribution is 5.93. The van der Waals surface area contributed by atoms with E-state index in [0.29, 0.717) is 31.9 Å². The van der Waals surface area contributed by atoms with E-state index in [9.17, 15) is 9.59 Å². The molecule has 7 nitrogen and oxygen atoms in total. The number of ether oxygens (including phenoxy) is 2. The van der Waals surface area contributed by atoms with Crippen LogP contribution >= 0.6 is 0 Å². The van der Waals surface area contributed by atoms with Crippen molar-refractivity contribution in [3.63, 3.8) is 0 Å². The molecule has 2 rings (SSSR count). The lowest BCUT2D eigenvalue weighted by atomic mass is 10.2. The molecule has 1 unspecified atom stereocenters. The van der Waals surface area contributed by atoms with Crippen LogP contribution in [0.1, 0.15) is 16.1 Å². The van der Waals surface area contributed by atoms with Gasteiger partial charge in [0.1, 0.15) is 12.3 Å². The van der Waals surface area contributed by atoms with Gasteiger partial charge in [0.15, 0.2) is 0 Å². The molecule has 2 amide bonds. The maximum Gasteiger partial charge on any atom is 0.270 e. The third-order valence-electron chi connectivity index (χ3n) is 3.50.